The number of likely N-dealkylation sites (tertiary alicyclic amines) is 1. The number of hydrogen-bond donors (Lipinski definition) is 3. The molecule has 27 heavy (non-hydrogen) atoms. The summed E-state index contributed by atoms with van der Waals surface area (Å²) < 4.78 is 27.4. The maximum Gasteiger partial charge on any atom is 0.241 e. The minimum absolute atomic E-state index is 0. The summed E-state index contributed by atoms with van der Waals surface area (Å²) in [4.78, 5) is 25.2. The zero-order valence-corrected chi connectivity index (χ0v) is 17.3. The highest BCUT2D eigenvalue weighted by Gasteiger charge is 2.37. The molecular formula is C17H27ClN4O4S. The van der Waals surface area contributed by atoms with Crippen molar-refractivity contribution in [2.24, 2.45) is 11.1 Å². The van der Waals surface area contributed by atoms with Crippen LogP contribution >= 0.6 is 12.4 Å². The molecule has 0 bridgehead atoms. The third-order valence-corrected chi connectivity index (χ3v) is 6.11. The average molecular weight is 419 g/mol. The molecule has 2 unspecified atom stereocenters. The van der Waals surface area contributed by atoms with Crippen molar-refractivity contribution in [3.8, 4) is 0 Å². The molecule has 2 rings (SSSR count). The molecule has 0 saturated carbocycles. The van der Waals surface area contributed by atoms with Crippen LogP contribution in [-0.2, 0) is 19.6 Å². The van der Waals surface area contributed by atoms with Gasteiger partial charge in [-0.2, -0.15) is 4.72 Å². The molecule has 0 aromatic heterocycles. The van der Waals surface area contributed by atoms with Gasteiger partial charge in [0.15, 0.2) is 0 Å². The van der Waals surface area contributed by atoms with E-state index in [0.717, 1.165) is 6.42 Å². The monoisotopic (exact) mass is 418 g/mol. The smallest absolute Gasteiger partial charge is 0.241 e. The topological polar surface area (TPSA) is 122 Å². The average Bonchev–Trinajstić information content (AvgIpc) is 2.96. The van der Waals surface area contributed by atoms with Crippen LogP contribution in [0.5, 0.6) is 0 Å². The Kier molecular flexibility index (Phi) is 7.79. The fraction of sp³-hybridized carbons (Fsp3) is 0.529. The number of nitrogens with one attached hydrogen (secondary N) is 2. The van der Waals surface area contributed by atoms with Gasteiger partial charge in [0.2, 0.25) is 21.8 Å². The predicted molar refractivity (Wildman–Crippen MR) is 106 cm³/mol. The van der Waals surface area contributed by atoms with E-state index in [1.807, 2.05) is 6.92 Å². The Morgan fingerprint density at radius 2 is 1.89 bits per heavy atom. The minimum atomic E-state index is -3.85. The van der Waals surface area contributed by atoms with E-state index in [9.17, 15) is 18.0 Å². The fourth-order valence-electron chi connectivity index (χ4n) is 2.92. The van der Waals surface area contributed by atoms with Gasteiger partial charge in [-0.1, -0.05) is 6.92 Å². The molecule has 8 nitrogen and oxygen atoms in total. The molecule has 1 aliphatic rings. The summed E-state index contributed by atoms with van der Waals surface area (Å²) in [5, 5.41) is 2.57. The maximum atomic E-state index is 12.5. The van der Waals surface area contributed by atoms with Crippen molar-refractivity contribution in [3.63, 3.8) is 0 Å². The number of carbonyl (C=O) groups excluding carboxylic acids is 2. The second-order valence-electron chi connectivity index (χ2n) is 7.07. The normalized spacial score (nSPS) is 20.7. The Balaban J connectivity index is 0.00000364. The number of halogens is 1. The lowest BCUT2D eigenvalue weighted by Gasteiger charge is -2.25. The molecule has 0 radical (unpaired) electrons. The zero-order valence-electron chi connectivity index (χ0n) is 15.7. The SMILES string of the molecule is CC(=O)Nc1ccc(S(=O)(=O)NC(C)C(=O)N2CCC(C)(CN)C2)cc1.Cl. The molecule has 1 aliphatic heterocycles. The number of anilines is 1. The zero-order chi connectivity index (χ0) is 19.5. The van der Waals surface area contributed by atoms with Crippen molar-refractivity contribution < 1.29 is 18.0 Å². The van der Waals surface area contributed by atoms with Crippen molar-refractivity contribution in [2.45, 2.75) is 38.1 Å². The summed E-state index contributed by atoms with van der Waals surface area (Å²) in [5.74, 6) is -0.506. The van der Waals surface area contributed by atoms with Crippen LogP contribution in [0.15, 0.2) is 29.2 Å². The van der Waals surface area contributed by atoms with Crippen molar-refractivity contribution in [1.29, 1.82) is 0 Å². The Labute approximate surface area is 166 Å². The number of nitrogens with zero attached hydrogens (tertiary/aromatic N) is 1. The summed E-state index contributed by atoms with van der Waals surface area (Å²) in [6, 6.07) is 4.87. The van der Waals surface area contributed by atoms with Crippen LogP contribution in [0.4, 0.5) is 5.69 Å². The lowest BCUT2D eigenvalue weighted by molar-refractivity contribution is -0.131. The molecule has 0 spiro atoms. The van der Waals surface area contributed by atoms with E-state index in [4.69, 9.17) is 5.73 Å². The van der Waals surface area contributed by atoms with Crippen LogP contribution in [0.25, 0.3) is 0 Å². The van der Waals surface area contributed by atoms with E-state index in [2.05, 4.69) is 10.0 Å². The number of hydrogen-bond acceptors (Lipinski definition) is 5. The molecule has 2 atom stereocenters. The Hall–Kier alpha value is -1.68. The summed E-state index contributed by atoms with van der Waals surface area (Å²) in [6.45, 7) is 6.50. The Morgan fingerprint density at radius 3 is 2.37 bits per heavy atom. The molecule has 1 fully saturated rings. The highest BCUT2D eigenvalue weighted by molar-refractivity contribution is 7.89. The molecular weight excluding hydrogens is 392 g/mol. The molecule has 0 aliphatic carbocycles. The number of rotatable bonds is 6. The number of benzene rings is 1. The summed E-state index contributed by atoms with van der Waals surface area (Å²) in [7, 11) is -3.85. The van der Waals surface area contributed by atoms with Gasteiger partial charge in [0.05, 0.1) is 10.9 Å². The molecule has 1 aromatic rings. The van der Waals surface area contributed by atoms with Gasteiger partial charge in [0.25, 0.3) is 0 Å². The van der Waals surface area contributed by atoms with Gasteiger partial charge < -0.3 is 16.0 Å². The van der Waals surface area contributed by atoms with Crippen molar-refractivity contribution in [3.05, 3.63) is 24.3 Å². The van der Waals surface area contributed by atoms with Crippen LogP contribution < -0.4 is 15.8 Å². The van der Waals surface area contributed by atoms with E-state index in [0.29, 0.717) is 25.3 Å². The minimum Gasteiger partial charge on any atom is -0.341 e. The number of sulfonamides is 1. The first kappa shape index (κ1) is 23.4. The lowest BCUT2D eigenvalue weighted by Crippen LogP contribution is -2.46. The number of nitrogens with two attached hydrogens (primary N) is 1. The Morgan fingerprint density at radius 1 is 1.30 bits per heavy atom. The van der Waals surface area contributed by atoms with Crippen LogP contribution in [0.1, 0.15) is 27.2 Å². The summed E-state index contributed by atoms with van der Waals surface area (Å²) in [6.07, 6.45) is 0.805. The first-order valence-electron chi connectivity index (χ1n) is 8.45. The summed E-state index contributed by atoms with van der Waals surface area (Å²) in [5.41, 5.74) is 6.13. The van der Waals surface area contributed by atoms with Crippen molar-refractivity contribution in [2.75, 3.05) is 25.0 Å². The molecule has 1 saturated heterocycles. The van der Waals surface area contributed by atoms with Gasteiger partial charge in [-0.3, -0.25) is 9.59 Å². The highest BCUT2D eigenvalue weighted by atomic mass is 35.5. The molecule has 4 N–H and O–H groups in total. The van der Waals surface area contributed by atoms with Crippen LogP contribution in [-0.4, -0.2) is 50.8 Å². The number of carbonyl (C=O) groups is 2. The van der Waals surface area contributed by atoms with E-state index in [1.165, 1.54) is 38.1 Å². The third-order valence-electron chi connectivity index (χ3n) is 4.55. The molecule has 1 aromatic carbocycles. The highest BCUT2D eigenvalue weighted by Crippen LogP contribution is 2.28. The second kappa shape index (κ2) is 9.01. The predicted octanol–water partition coefficient (Wildman–Crippen LogP) is 0.931. The molecule has 152 valence electrons. The largest absolute Gasteiger partial charge is 0.341 e. The van der Waals surface area contributed by atoms with Gasteiger partial charge >= 0.3 is 0 Å². The molecule has 2 amide bonds. The first-order chi connectivity index (χ1) is 12.1. The van der Waals surface area contributed by atoms with Gasteiger partial charge in [-0.05, 0) is 49.6 Å². The molecule has 1 heterocycles. The van der Waals surface area contributed by atoms with E-state index in [-0.39, 0.29) is 34.5 Å². The van der Waals surface area contributed by atoms with Gasteiger partial charge in [0, 0.05) is 25.7 Å². The second-order valence-corrected chi connectivity index (χ2v) is 8.79. The van der Waals surface area contributed by atoms with Crippen molar-refractivity contribution >= 4 is 39.9 Å². The van der Waals surface area contributed by atoms with E-state index in [1.54, 1.807) is 4.90 Å². The lowest BCUT2D eigenvalue weighted by atomic mass is 9.90. The van der Waals surface area contributed by atoms with E-state index >= 15 is 0 Å². The maximum absolute atomic E-state index is 12.5. The standard InChI is InChI=1S/C17H26N4O4S.ClH/c1-12(16(23)21-9-8-17(3,10-18)11-21)20-26(24,25)15-6-4-14(5-7-15)19-13(2)22;/h4-7,12,20H,8-11,18H2,1-3H3,(H,19,22);1H. The van der Waals surface area contributed by atoms with Crippen LogP contribution in [0.3, 0.4) is 0 Å². The first-order valence-corrected chi connectivity index (χ1v) is 9.93. The molecule has 10 heteroatoms. The summed E-state index contributed by atoms with van der Waals surface area (Å²) >= 11 is 0. The van der Waals surface area contributed by atoms with E-state index < -0.39 is 16.1 Å². The van der Waals surface area contributed by atoms with Crippen LogP contribution in [0.2, 0.25) is 0 Å². The number of amides is 2. The third kappa shape index (κ3) is 5.90. The van der Waals surface area contributed by atoms with Gasteiger partial charge in [-0.15, -0.1) is 12.4 Å². The van der Waals surface area contributed by atoms with Gasteiger partial charge in [0.1, 0.15) is 0 Å². The van der Waals surface area contributed by atoms with Gasteiger partial charge in [-0.25, -0.2) is 8.42 Å². The van der Waals surface area contributed by atoms with Crippen molar-refractivity contribution in [1.82, 2.24) is 9.62 Å². The van der Waals surface area contributed by atoms with Crippen LogP contribution in [0, 0.1) is 5.41 Å². The quantitative estimate of drug-likeness (QED) is 0.634. The fourth-order valence-corrected chi connectivity index (χ4v) is 4.12. The Bertz CT molecular complexity index is 785.